The van der Waals surface area contributed by atoms with E-state index in [4.69, 9.17) is 11.5 Å². The summed E-state index contributed by atoms with van der Waals surface area (Å²) in [7, 11) is 0. The second-order valence-corrected chi connectivity index (χ2v) is 3.47. The van der Waals surface area contributed by atoms with Crippen LogP contribution >= 0.6 is 0 Å². The van der Waals surface area contributed by atoms with Crippen LogP contribution in [0.15, 0.2) is 24.3 Å². The third-order valence-corrected chi connectivity index (χ3v) is 2.20. The average molecular weight is 207 g/mol. The molecule has 1 aromatic rings. The molecule has 0 aliphatic rings. The molecule has 0 saturated heterocycles. The third-order valence-electron chi connectivity index (χ3n) is 2.20. The van der Waals surface area contributed by atoms with E-state index in [2.05, 4.69) is 0 Å². The van der Waals surface area contributed by atoms with Crippen molar-refractivity contribution in [2.24, 2.45) is 11.5 Å². The number of amides is 2. The predicted molar refractivity (Wildman–Crippen MR) is 61.8 cm³/mol. The van der Waals surface area contributed by atoms with Crippen molar-refractivity contribution in [1.82, 2.24) is 0 Å². The minimum atomic E-state index is -0.438. The van der Waals surface area contributed by atoms with Crippen LogP contribution in [0.25, 0.3) is 0 Å². The number of benzene rings is 1. The highest BCUT2D eigenvalue weighted by molar-refractivity contribution is 5.90. The largest absolute Gasteiger partial charge is 0.351 e. The van der Waals surface area contributed by atoms with Crippen LogP contribution in [0.4, 0.5) is 10.5 Å². The molecular weight excluding hydrogens is 190 g/mol. The van der Waals surface area contributed by atoms with Gasteiger partial charge in [0.25, 0.3) is 0 Å². The first-order valence-electron chi connectivity index (χ1n) is 4.99. The highest BCUT2D eigenvalue weighted by Gasteiger charge is 2.10. The Bertz CT molecular complexity index is 321. The van der Waals surface area contributed by atoms with Gasteiger partial charge in [-0.1, -0.05) is 17.7 Å². The summed E-state index contributed by atoms with van der Waals surface area (Å²) in [5.74, 6) is 0. The Hall–Kier alpha value is -1.55. The normalized spacial score (nSPS) is 10.0. The number of urea groups is 1. The number of carbonyl (C=O) groups is 1. The van der Waals surface area contributed by atoms with Crippen molar-refractivity contribution < 1.29 is 4.79 Å². The highest BCUT2D eigenvalue weighted by Crippen LogP contribution is 2.14. The van der Waals surface area contributed by atoms with Gasteiger partial charge in [0, 0.05) is 12.2 Å². The van der Waals surface area contributed by atoms with E-state index >= 15 is 0 Å². The monoisotopic (exact) mass is 207 g/mol. The fourth-order valence-electron chi connectivity index (χ4n) is 1.34. The maximum atomic E-state index is 11.2. The van der Waals surface area contributed by atoms with Crippen LogP contribution in [0.2, 0.25) is 0 Å². The first kappa shape index (κ1) is 11.5. The van der Waals surface area contributed by atoms with Crippen LogP contribution in [0.5, 0.6) is 0 Å². The lowest BCUT2D eigenvalue weighted by Gasteiger charge is -2.20. The molecule has 0 unspecified atom stereocenters. The van der Waals surface area contributed by atoms with Crippen molar-refractivity contribution >= 4 is 11.7 Å². The van der Waals surface area contributed by atoms with Crippen molar-refractivity contribution in [2.45, 2.75) is 13.3 Å². The van der Waals surface area contributed by atoms with E-state index in [1.807, 2.05) is 31.2 Å². The minimum Gasteiger partial charge on any atom is -0.351 e. The molecule has 0 radical (unpaired) electrons. The summed E-state index contributed by atoms with van der Waals surface area (Å²) < 4.78 is 0. The predicted octanol–water partition coefficient (Wildman–Crippen LogP) is 1.23. The second-order valence-electron chi connectivity index (χ2n) is 3.47. The number of aryl methyl sites for hydroxylation is 1. The molecule has 0 aliphatic carbocycles. The van der Waals surface area contributed by atoms with E-state index in [0.29, 0.717) is 13.1 Å². The molecule has 0 aromatic heterocycles. The highest BCUT2D eigenvalue weighted by atomic mass is 16.2. The van der Waals surface area contributed by atoms with Crippen LogP contribution in [0, 0.1) is 6.92 Å². The number of nitrogens with zero attached hydrogens (tertiary/aromatic N) is 1. The van der Waals surface area contributed by atoms with Gasteiger partial charge in [-0.3, -0.25) is 4.90 Å². The lowest BCUT2D eigenvalue weighted by molar-refractivity contribution is 0.254. The van der Waals surface area contributed by atoms with Gasteiger partial charge in [-0.05, 0) is 32.0 Å². The van der Waals surface area contributed by atoms with Gasteiger partial charge in [-0.25, -0.2) is 4.79 Å². The molecule has 0 fully saturated rings. The quantitative estimate of drug-likeness (QED) is 0.779. The summed E-state index contributed by atoms with van der Waals surface area (Å²) in [5, 5.41) is 0. The number of primary amides is 1. The number of anilines is 1. The van der Waals surface area contributed by atoms with Crippen LogP contribution in [0.1, 0.15) is 12.0 Å². The number of hydrogen-bond donors (Lipinski definition) is 2. The van der Waals surface area contributed by atoms with E-state index in [0.717, 1.165) is 17.7 Å². The fraction of sp³-hybridized carbons (Fsp3) is 0.364. The molecule has 0 spiro atoms. The lowest BCUT2D eigenvalue weighted by atomic mass is 10.2. The molecule has 0 saturated carbocycles. The fourth-order valence-corrected chi connectivity index (χ4v) is 1.34. The number of rotatable bonds is 4. The smallest absolute Gasteiger partial charge is 0.319 e. The van der Waals surface area contributed by atoms with Crippen LogP contribution < -0.4 is 16.4 Å². The Morgan fingerprint density at radius 1 is 1.33 bits per heavy atom. The molecule has 2 amide bonds. The lowest BCUT2D eigenvalue weighted by Crippen LogP contribution is -2.37. The molecule has 15 heavy (non-hydrogen) atoms. The van der Waals surface area contributed by atoms with Crippen molar-refractivity contribution in [1.29, 1.82) is 0 Å². The zero-order valence-corrected chi connectivity index (χ0v) is 8.94. The maximum Gasteiger partial charge on any atom is 0.319 e. The van der Waals surface area contributed by atoms with E-state index in [1.54, 1.807) is 0 Å². The van der Waals surface area contributed by atoms with Crippen molar-refractivity contribution in [2.75, 3.05) is 18.0 Å². The van der Waals surface area contributed by atoms with Gasteiger partial charge in [0.05, 0.1) is 0 Å². The van der Waals surface area contributed by atoms with Crippen LogP contribution in [0.3, 0.4) is 0 Å². The standard InChI is InChI=1S/C11H17N3O/c1-9-3-5-10(6-4-9)14(11(13)15)8-2-7-12/h3-6H,2,7-8,12H2,1H3,(H2,13,15). The molecule has 0 aliphatic heterocycles. The maximum absolute atomic E-state index is 11.2. The minimum absolute atomic E-state index is 0.438. The Morgan fingerprint density at radius 2 is 1.93 bits per heavy atom. The summed E-state index contributed by atoms with van der Waals surface area (Å²) >= 11 is 0. The number of hydrogen-bond acceptors (Lipinski definition) is 2. The molecule has 0 atom stereocenters. The van der Waals surface area contributed by atoms with E-state index < -0.39 is 6.03 Å². The van der Waals surface area contributed by atoms with Gasteiger partial charge in [-0.15, -0.1) is 0 Å². The van der Waals surface area contributed by atoms with E-state index in [1.165, 1.54) is 4.90 Å². The first-order valence-corrected chi connectivity index (χ1v) is 4.99. The molecule has 0 heterocycles. The zero-order chi connectivity index (χ0) is 11.3. The van der Waals surface area contributed by atoms with Crippen molar-refractivity contribution in [3.05, 3.63) is 29.8 Å². The Balaban J connectivity index is 2.79. The van der Waals surface area contributed by atoms with Gasteiger partial charge in [-0.2, -0.15) is 0 Å². The summed E-state index contributed by atoms with van der Waals surface area (Å²) in [6.45, 7) is 3.11. The molecular formula is C11H17N3O. The number of carbonyl (C=O) groups excluding carboxylic acids is 1. The molecule has 1 rings (SSSR count). The Labute approximate surface area is 89.9 Å². The van der Waals surface area contributed by atoms with E-state index in [9.17, 15) is 4.79 Å². The molecule has 4 heteroatoms. The average Bonchev–Trinajstić information content (AvgIpc) is 2.21. The topological polar surface area (TPSA) is 72.3 Å². The summed E-state index contributed by atoms with van der Waals surface area (Å²) in [5.41, 5.74) is 12.7. The molecule has 4 nitrogen and oxygen atoms in total. The van der Waals surface area contributed by atoms with Crippen molar-refractivity contribution in [3.63, 3.8) is 0 Å². The first-order chi connectivity index (χ1) is 7.15. The molecule has 0 bridgehead atoms. The van der Waals surface area contributed by atoms with Gasteiger partial charge in [0.1, 0.15) is 0 Å². The Morgan fingerprint density at radius 3 is 2.40 bits per heavy atom. The van der Waals surface area contributed by atoms with Gasteiger partial charge < -0.3 is 11.5 Å². The Kier molecular flexibility index (Phi) is 4.12. The SMILES string of the molecule is Cc1ccc(N(CCCN)C(N)=O)cc1. The summed E-state index contributed by atoms with van der Waals surface area (Å²) in [6, 6.07) is 7.24. The molecule has 82 valence electrons. The second kappa shape index (κ2) is 5.36. The molecule has 4 N–H and O–H groups in total. The van der Waals surface area contributed by atoms with Crippen LogP contribution in [-0.2, 0) is 0 Å². The van der Waals surface area contributed by atoms with Gasteiger partial charge in [0.2, 0.25) is 0 Å². The van der Waals surface area contributed by atoms with Gasteiger partial charge >= 0.3 is 6.03 Å². The van der Waals surface area contributed by atoms with Crippen LogP contribution in [-0.4, -0.2) is 19.1 Å². The number of nitrogens with two attached hydrogens (primary N) is 2. The summed E-state index contributed by atoms with van der Waals surface area (Å²) in [6.07, 6.45) is 0.747. The van der Waals surface area contributed by atoms with E-state index in [-0.39, 0.29) is 0 Å². The third kappa shape index (κ3) is 3.25. The zero-order valence-electron chi connectivity index (χ0n) is 8.94. The summed E-state index contributed by atoms with van der Waals surface area (Å²) in [4.78, 5) is 12.7. The van der Waals surface area contributed by atoms with Gasteiger partial charge in [0.15, 0.2) is 0 Å². The molecule has 1 aromatic carbocycles. The van der Waals surface area contributed by atoms with Crippen molar-refractivity contribution in [3.8, 4) is 0 Å².